The maximum atomic E-state index is 13.0. The second kappa shape index (κ2) is 3.65. The Kier molecular flexibility index (Phi) is 2.33. The molecule has 3 nitrogen and oxygen atoms in total. The van der Waals surface area contributed by atoms with Gasteiger partial charge in [0.2, 0.25) is 5.43 Å². The first-order valence-corrected chi connectivity index (χ1v) is 4.45. The summed E-state index contributed by atoms with van der Waals surface area (Å²) in [6, 6.07) is 3.86. The first-order valence-electron chi connectivity index (χ1n) is 4.45. The zero-order valence-electron chi connectivity index (χ0n) is 7.77. The number of halogens is 1. The summed E-state index contributed by atoms with van der Waals surface area (Å²) >= 11 is 0. The molecule has 1 aliphatic rings. The Morgan fingerprint density at radius 2 is 2.20 bits per heavy atom. The van der Waals surface area contributed by atoms with Crippen molar-refractivity contribution in [1.82, 2.24) is 0 Å². The fraction of sp³-hybridized carbons (Fsp3) is 0.0909. The third kappa shape index (κ3) is 1.66. The number of aliphatic imine (C=N–C) groups is 1. The van der Waals surface area contributed by atoms with Crippen molar-refractivity contribution in [2.75, 3.05) is 0 Å². The summed E-state index contributed by atoms with van der Waals surface area (Å²) in [6.45, 7) is 0. The summed E-state index contributed by atoms with van der Waals surface area (Å²) in [5.74, 6) is -1.79. The second-order valence-electron chi connectivity index (χ2n) is 3.10. The minimum atomic E-state index is -0.922. The smallest absolute Gasteiger partial charge is 0.232 e. The van der Waals surface area contributed by atoms with E-state index in [9.17, 15) is 14.3 Å². The standard InChI is InChI=1S/C11H8FNO2/c12-8-4-1-3-7(10(14)11(8)15)9-5-2-6-13-9/h1,3-6H,2H2,(H,14,15). The number of aromatic hydroxyl groups is 1. The average Bonchev–Trinajstić information content (AvgIpc) is 2.71. The Balaban J connectivity index is 2.70. The molecule has 0 fully saturated rings. The van der Waals surface area contributed by atoms with Gasteiger partial charge in [0, 0.05) is 12.6 Å². The van der Waals surface area contributed by atoms with Crippen LogP contribution in [0.1, 0.15) is 12.0 Å². The third-order valence-electron chi connectivity index (χ3n) is 2.11. The van der Waals surface area contributed by atoms with Crippen molar-refractivity contribution in [3.05, 3.63) is 45.9 Å². The van der Waals surface area contributed by atoms with Crippen molar-refractivity contribution in [1.29, 1.82) is 0 Å². The van der Waals surface area contributed by atoms with Crippen LogP contribution >= 0.6 is 0 Å². The first-order chi connectivity index (χ1) is 7.20. The van der Waals surface area contributed by atoms with Gasteiger partial charge in [0.15, 0.2) is 11.6 Å². The lowest BCUT2D eigenvalue weighted by molar-refractivity contribution is 0.429. The molecular weight excluding hydrogens is 197 g/mol. The van der Waals surface area contributed by atoms with E-state index in [1.165, 1.54) is 12.1 Å². The number of hydrogen-bond acceptors (Lipinski definition) is 3. The molecule has 0 saturated carbocycles. The zero-order chi connectivity index (χ0) is 10.8. The fourth-order valence-electron chi connectivity index (χ4n) is 1.37. The van der Waals surface area contributed by atoms with Crippen molar-refractivity contribution < 1.29 is 9.50 Å². The summed E-state index contributed by atoms with van der Waals surface area (Å²) in [6.07, 6.45) is 4.04. The molecule has 0 amide bonds. The molecule has 0 aromatic heterocycles. The Hall–Kier alpha value is -1.97. The van der Waals surface area contributed by atoms with Crippen LogP contribution in [0.15, 0.2) is 34.1 Å². The molecule has 1 N–H and O–H groups in total. The topological polar surface area (TPSA) is 49.7 Å². The van der Waals surface area contributed by atoms with Crippen LogP contribution in [0, 0.1) is 5.82 Å². The van der Waals surface area contributed by atoms with Crippen LogP contribution in [0.5, 0.6) is 5.75 Å². The van der Waals surface area contributed by atoms with Crippen molar-refractivity contribution in [2.45, 2.75) is 6.42 Å². The van der Waals surface area contributed by atoms with Gasteiger partial charge in [0.1, 0.15) is 0 Å². The van der Waals surface area contributed by atoms with E-state index in [2.05, 4.69) is 4.99 Å². The van der Waals surface area contributed by atoms with Gasteiger partial charge in [-0.05, 0) is 12.1 Å². The third-order valence-corrected chi connectivity index (χ3v) is 2.11. The summed E-state index contributed by atoms with van der Waals surface area (Å²) in [7, 11) is 0. The van der Waals surface area contributed by atoms with E-state index in [-0.39, 0.29) is 5.56 Å². The van der Waals surface area contributed by atoms with Gasteiger partial charge in [-0.1, -0.05) is 12.1 Å². The van der Waals surface area contributed by atoms with E-state index in [1.54, 1.807) is 12.3 Å². The molecule has 0 bridgehead atoms. The lowest BCUT2D eigenvalue weighted by Crippen LogP contribution is -2.04. The highest BCUT2D eigenvalue weighted by Gasteiger charge is 2.11. The van der Waals surface area contributed by atoms with Gasteiger partial charge in [0.25, 0.3) is 0 Å². The predicted octanol–water partition coefficient (Wildman–Crippen LogP) is 1.71. The normalized spacial score (nSPS) is 14.1. The lowest BCUT2D eigenvalue weighted by atomic mass is 10.2. The molecule has 1 aliphatic heterocycles. The van der Waals surface area contributed by atoms with Crippen molar-refractivity contribution >= 4 is 11.9 Å². The average molecular weight is 205 g/mol. The molecule has 1 aromatic rings. The molecule has 0 unspecified atom stereocenters. The van der Waals surface area contributed by atoms with Gasteiger partial charge in [0.05, 0.1) is 11.3 Å². The summed E-state index contributed by atoms with van der Waals surface area (Å²) in [5.41, 5.74) is -0.0427. The van der Waals surface area contributed by atoms with Crippen LogP contribution in [0.3, 0.4) is 0 Å². The Morgan fingerprint density at radius 3 is 2.87 bits per heavy atom. The van der Waals surface area contributed by atoms with E-state index in [4.69, 9.17) is 0 Å². The molecule has 1 aromatic carbocycles. The first kappa shape index (κ1) is 9.58. The monoisotopic (exact) mass is 205 g/mol. The van der Waals surface area contributed by atoms with Gasteiger partial charge >= 0.3 is 0 Å². The maximum absolute atomic E-state index is 13.0. The van der Waals surface area contributed by atoms with Crippen LogP contribution in [0.25, 0.3) is 5.70 Å². The molecule has 0 aliphatic carbocycles. The van der Waals surface area contributed by atoms with Crippen LogP contribution in [0.2, 0.25) is 0 Å². The SMILES string of the molecule is O=c1c(C2=CCC=N2)cccc(F)c1O. The van der Waals surface area contributed by atoms with E-state index in [0.717, 1.165) is 6.07 Å². The highest BCUT2D eigenvalue weighted by Crippen LogP contribution is 2.18. The van der Waals surface area contributed by atoms with Gasteiger partial charge in [-0.25, -0.2) is 4.39 Å². The summed E-state index contributed by atoms with van der Waals surface area (Å²) in [5, 5.41) is 9.24. The van der Waals surface area contributed by atoms with E-state index >= 15 is 0 Å². The van der Waals surface area contributed by atoms with Crippen molar-refractivity contribution in [3.8, 4) is 5.75 Å². The highest BCUT2D eigenvalue weighted by atomic mass is 19.1. The highest BCUT2D eigenvalue weighted by molar-refractivity contribution is 5.81. The predicted molar refractivity (Wildman–Crippen MR) is 55.4 cm³/mol. The Bertz CT molecular complexity index is 520. The molecule has 0 saturated heterocycles. The lowest BCUT2D eigenvalue weighted by Gasteiger charge is -1.93. The van der Waals surface area contributed by atoms with Crippen LogP contribution in [-0.4, -0.2) is 11.3 Å². The second-order valence-corrected chi connectivity index (χ2v) is 3.10. The Labute approximate surface area is 85.2 Å². The van der Waals surface area contributed by atoms with Gasteiger partial charge in [-0.2, -0.15) is 0 Å². The van der Waals surface area contributed by atoms with Crippen molar-refractivity contribution in [2.24, 2.45) is 4.99 Å². The van der Waals surface area contributed by atoms with Gasteiger partial charge in [-0.15, -0.1) is 0 Å². The molecule has 0 spiro atoms. The van der Waals surface area contributed by atoms with E-state index < -0.39 is 17.0 Å². The van der Waals surface area contributed by atoms with E-state index in [1.807, 2.05) is 0 Å². The zero-order valence-corrected chi connectivity index (χ0v) is 7.77. The number of rotatable bonds is 1. The molecular formula is C11H8FNO2. The molecule has 0 radical (unpaired) electrons. The molecule has 76 valence electrons. The van der Waals surface area contributed by atoms with Crippen LogP contribution < -0.4 is 5.43 Å². The minimum Gasteiger partial charge on any atom is -0.502 e. The minimum absolute atomic E-state index is 0.213. The van der Waals surface area contributed by atoms with E-state index in [0.29, 0.717) is 12.1 Å². The van der Waals surface area contributed by atoms with Crippen LogP contribution in [0.4, 0.5) is 4.39 Å². The summed E-state index contributed by atoms with van der Waals surface area (Å²) in [4.78, 5) is 15.5. The quantitative estimate of drug-likeness (QED) is 0.758. The summed E-state index contributed by atoms with van der Waals surface area (Å²) < 4.78 is 13.0. The molecule has 15 heavy (non-hydrogen) atoms. The number of hydrogen-bond donors (Lipinski definition) is 1. The van der Waals surface area contributed by atoms with Gasteiger partial charge < -0.3 is 5.11 Å². The molecule has 4 heteroatoms. The van der Waals surface area contributed by atoms with Crippen molar-refractivity contribution in [3.63, 3.8) is 0 Å². The van der Waals surface area contributed by atoms with Gasteiger partial charge in [-0.3, -0.25) is 9.79 Å². The molecule has 0 atom stereocenters. The maximum Gasteiger partial charge on any atom is 0.232 e. The number of allylic oxidation sites excluding steroid dienone is 1. The molecule has 1 heterocycles. The Morgan fingerprint density at radius 1 is 1.40 bits per heavy atom. The largest absolute Gasteiger partial charge is 0.502 e. The fourth-order valence-corrected chi connectivity index (χ4v) is 1.37. The number of nitrogens with zero attached hydrogens (tertiary/aromatic N) is 1. The molecule has 2 rings (SSSR count). The van der Waals surface area contributed by atoms with Crippen LogP contribution in [-0.2, 0) is 0 Å².